The van der Waals surface area contributed by atoms with Gasteiger partial charge in [0.25, 0.3) is 0 Å². The first-order valence-electron chi connectivity index (χ1n) is 6.62. The molecule has 0 saturated carbocycles. The highest BCUT2D eigenvalue weighted by molar-refractivity contribution is 5.89. The van der Waals surface area contributed by atoms with E-state index < -0.39 is 36.4 Å². The van der Waals surface area contributed by atoms with Gasteiger partial charge in [0.1, 0.15) is 12.4 Å². The second-order valence-electron chi connectivity index (χ2n) is 4.60. The number of esters is 2. The number of aliphatic hydroxyl groups excluding tert-OH is 2. The summed E-state index contributed by atoms with van der Waals surface area (Å²) in [5.41, 5.74) is 0.335. The van der Waals surface area contributed by atoms with E-state index in [1.54, 1.807) is 30.3 Å². The van der Waals surface area contributed by atoms with Gasteiger partial charge in [-0.3, -0.25) is 4.79 Å². The largest absolute Gasteiger partial charge is 0.467 e. The molecule has 2 unspecified atom stereocenters. The van der Waals surface area contributed by atoms with Crippen molar-refractivity contribution in [1.29, 1.82) is 0 Å². The number of hydrogen-bond donors (Lipinski definition) is 2. The van der Waals surface area contributed by atoms with Crippen LogP contribution in [0.2, 0.25) is 0 Å². The molecule has 1 aromatic rings. The van der Waals surface area contributed by atoms with Crippen LogP contribution in [-0.2, 0) is 19.1 Å². The summed E-state index contributed by atoms with van der Waals surface area (Å²) in [5, 5.41) is 18.9. The monoisotopic (exact) mass is 310 g/mol. The maximum atomic E-state index is 11.6. The van der Waals surface area contributed by atoms with Crippen molar-refractivity contribution in [2.75, 3.05) is 13.7 Å². The van der Waals surface area contributed by atoms with Crippen LogP contribution in [0, 0.1) is 0 Å². The highest BCUT2D eigenvalue weighted by Gasteiger charge is 2.21. The Morgan fingerprint density at radius 3 is 2.32 bits per heavy atom. The minimum absolute atomic E-state index is 0.335. The van der Waals surface area contributed by atoms with Crippen molar-refractivity contribution in [3.63, 3.8) is 0 Å². The number of hydrogen-bond acceptors (Lipinski definition) is 7. The van der Waals surface area contributed by atoms with E-state index >= 15 is 0 Å². The lowest BCUT2D eigenvalue weighted by molar-refractivity contribution is -0.152. The van der Waals surface area contributed by atoms with Gasteiger partial charge in [-0.15, -0.1) is 0 Å². The molecule has 0 spiro atoms. The zero-order chi connectivity index (χ0) is 16.5. The number of aliphatic hydroxyl groups is 2. The normalized spacial score (nSPS) is 13.0. The molecular formula is C15H18O7. The summed E-state index contributed by atoms with van der Waals surface area (Å²) in [6.07, 6.45) is -3.56. The second kappa shape index (κ2) is 8.91. The van der Waals surface area contributed by atoms with E-state index in [2.05, 4.69) is 4.74 Å². The minimum Gasteiger partial charge on any atom is -0.467 e. The number of benzene rings is 1. The van der Waals surface area contributed by atoms with Crippen LogP contribution >= 0.6 is 0 Å². The molecule has 0 bridgehead atoms. The molecule has 7 heteroatoms. The molecule has 0 amide bonds. The molecule has 1 rings (SSSR count). The van der Waals surface area contributed by atoms with Crippen LogP contribution in [-0.4, -0.2) is 53.9 Å². The van der Waals surface area contributed by atoms with Crippen LogP contribution in [0.1, 0.15) is 23.2 Å². The standard InChI is InChI=1S/C15H18O7/c1-21-15(20)13(18)8-11(16)7-12(17)9-22-14(19)10-5-3-2-4-6-10/h2-6,12-13,17-18H,7-9H2,1H3. The Bertz CT molecular complexity index is 512. The number of carbonyl (C=O) groups excluding carboxylic acids is 3. The molecule has 0 heterocycles. The number of methoxy groups -OCH3 is 1. The van der Waals surface area contributed by atoms with E-state index in [9.17, 15) is 24.6 Å². The molecule has 2 N–H and O–H groups in total. The number of ether oxygens (including phenoxy) is 2. The molecule has 120 valence electrons. The molecular weight excluding hydrogens is 292 g/mol. The van der Waals surface area contributed by atoms with Crippen molar-refractivity contribution in [1.82, 2.24) is 0 Å². The molecule has 0 aliphatic carbocycles. The van der Waals surface area contributed by atoms with E-state index in [0.29, 0.717) is 5.56 Å². The quantitative estimate of drug-likeness (QED) is 0.655. The predicted octanol–water partition coefficient (Wildman–Crippen LogP) is 0.0875. The molecule has 7 nitrogen and oxygen atoms in total. The Balaban J connectivity index is 2.34. The Hall–Kier alpha value is -2.25. The van der Waals surface area contributed by atoms with Gasteiger partial charge in [-0.05, 0) is 12.1 Å². The molecule has 0 aliphatic rings. The first-order valence-corrected chi connectivity index (χ1v) is 6.62. The zero-order valence-electron chi connectivity index (χ0n) is 12.1. The maximum Gasteiger partial charge on any atom is 0.338 e. The summed E-state index contributed by atoms with van der Waals surface area (Å²) in [7, 11) is 1.09. The van der Waals surface area contributed by atoms with Crippen molar-refractivity contribution in [2.45, 2.75) is 25.0 Å². The van der Waals surface area contributed by atoms with Crippen LogP contribution in [0.3, 0.4) is 0 Å². The summed E-state index contributed by atoms with van der Waals surface area (Å²) in [6.45, 7) is -0.353. The Labute approximate surface area is 127 Å². The fourth-order valence-electron chi connectivity index (χ4n) is 1.67. The summed E-state index contributed by atoms with van der Waals surface area (Å²) in [4.78, 5) is 34.1. The fourth-order valence-corrected chi connectivity index (χ4v) is 1.67. The molecule has 0 aromatic heterocycles. The number of carbonyl (C=O) groups is 3. The second-order valence-corrected chi connectivity index (χ2v) is 4.60. The van der Waals surface area contributed by atoms with Crippen molar-refractivity contribution in [3.8, 4) is 0 Å². The minimum atomic E-state index is -1.56. The molecule has 1 aromatic carbocycles. The van der Waals surface area contributed by atoms with Gasteiger partial charge < -0.3 is 19.7 Å². The SMILES string of the molecule is COC(=O)C(O)CC(=O)CC(O)COC(=O)c1ccccc1. The first kappa shape index (κ1) is 17.8. The van der Waals surface area contributed by atoms with Gasteiger partial charge in [-0.25, -0.2) is 9.59 Å². The van der Waals surface area contributed by atoms with E-state index in [0.717, 1.165) is 7.11 Å². The fraction of sp³-hybridized carbons (Fsp3) is 0.400. The molecule has 0 fully saturated rings. The van der Waals surface area contributed by atoms with E-state index in [-0.39, 0.29) is 13.0 Å². The molecule has 0 aliphatic heterocycles. The topological polar surface area (TPSA) is 110 Å². The van der Waals surface area contributed by atoms with Gasteiger partial charge in [-0.2, -0.15) is 0 Å². The van der Waals surface area contributed by atoms with Gasteiger partial charge >= 0.3 is 11.9 Å². The summed E-state index contributed by atoms with van der Waals surface area (Å²) in [5.74, 6) is -2.07. The van der Waals surface area contributed by atoms with Crippen LogP contribution in [0.4, 0.5) is 0 Å². The molecule has 22 heavy (non-hydrogen) atoms. The summed E-state index contributed by atoms with van der Waals surface area (Å²) < 4.78 is 9.14. The molecule has 0 radical (unpaired) electrons. The van der Waals surface area contributed by atoms with E-state index in [1.165, 1.54) is 0 Å². The highest BCUT2D eigenvalue weighted by Crippen LogP contribution is 2.05. The number of ketones is 1. The number of rotatable bonds is 8. The lowest BCUT2D eigenvalue weighted by Gasteiger charge is -2.12. The highest BCUT2D eigenvalue weighted by atomic mass is 16.5. The molecule has 2 atom stereocenters. The predicted molar refractivity (Wildman–Crippen MR) is 75.0 cm³/mol. The lowest BCUT2D eigenvalue weighted by atomic mass is 10.1. The average Bonchev–Trinajstić information content (AvgIpc) is 2.52. The Kier molecular flexibility index (Phi) is 7.21. The number of Topliss-reactive ketones (excluding diaryl/α,β-unsaturated/α-hetero) is 1. The van der Waals surface area contributed by atoms with Crippen molar-refractivity contribution in [3.05, 3.63) is 35.9 Å². The third-order valence-electron chi connectivity index (χ3n) is 2.77. The average molecular weight is 310 g/mol. The Morgan fingerprint density at radius 1 is 1.09 bits per heavy atom. The summed E-state index contributed by atoms with van der Waals surface area (Å²) in [6, 6.07) is 8.21. The maximum absolute atomic E-state index is 11.6. The van der Waals surface area contributed by atoms with Gasteiger partial charge in [0, 0.05) is 12.8 Å². The van der Waals surface area contributed by atoms with Crippen LogP contribution < -0.4 is 0 Å². The van der Waals surface area contributed by atoms with E-state index in [1.807, 2.05) is 0 Å². The van der Waals surface area contributed by atoms with E-state index in [4.69, 9.17) is 4.74 Å². The summed E-state index contributed by atoms with van der Waals surface area (Å²) >= 11 is 0. The lowest BCUT2D eigenvalue weighted by Crippen LogP contribution is -2.28. The van der Waals surface area contributed by atoms with Gasteiger partial charge in [0.15, 0.2) is 6.10 Å². The van der Waals surface area contributed by atoms with Gasteiger partial charge in [0.05, 0.1) is 18.8 Å². The third-order valence-corrected chi connectivity index (χ3v) is 2.77. The van der Waals surface area contributed by atoms with Gasteiger partial charge in [-0.1, -0.05) is 18.2 Å². The van der Waals surface area contributed by atoms with Gasteiger partial charge in [0.2, 0.25) is 0 Å². The van der Waals surface area contributed by atoms with Crippen molar-refractivity contribution in [2.24, 2.45) is 0 Å². The molecule has 0 saturated heterocycles. The zero-order valence-corrected chi connectivity index (χ0v) is 12.1. The van der Waals surface area contributed by atoms with Crippen molar-refractivity contribution >= 4 is 17.7 Å². The van der Waals surface area contributed by atoms with Crippen molar-refractivity contribution < 1.29 is 34.1 Å². The van der Waals surface area contributed by atoms with Crippen LogP contribution in [0.5, 0.6) is 0 Å². The Morgan fingerprint density at radius 2 is 1.73 bits per heavy atom. The van der Waals surface area contributed by atoms with Crippen LogP contribution in [0.25, 0.3) is 0 Å². The smallest absolute Gasteiger partial charge is 0.338 e. The third kappa shape index (κ3) is 6.02. The van der Waals surface area contributed by atoms with Crippen LogP contribution in [0.15, 0.2) is 30.3 Å². The first-order chi connectivity index (χ1) is 10.4.